The Balaban J connectivity index is 2.22. The SMILES string of the molecule is CC(C(=O)NCCCO)n1c(-c2cccs2)n[nH]c1=S. The molecule has 2 rings (SSSR count). The first kappa shape index (κ1) is 14.9. The molecule has 0 saturated carbocycles. The first-order valence-corrected chi connectivity index (χ1v) is 7.53. The molecule has 0 radical (unpaired) electrons. The van der Waals surface area contributed by atoms with Gasteiger partial charge in [0.15, 0.2) is 10.6 Å². The van der Waals surface area contributed by atoms with Crippen LogP contribution in [0.15, 0.2) is 17.5 Å². The zero-order valence-electron chi connectivity index (χ0n) is 11.0. The molecule has 0 aliphatic heterocycles. The van der Waals surface area contributed by atoms with Gasteiger partial charge in [-0.3, -0.25) is 14.5 Å². The number of aromatic nitrogens is 3. The molecule has 6 nitrogen and oxygen atoms in total. The molecule has 2 aromatic rings. The Morgan fingerprint density at radius 3 is 3.15 bits per heavy atom. The molecule has 2 aromatic heterocycles. The van der Waals surface area contributed by atoms with E-state index in [-0.39, 0.29) is 12.5 Å². The minimum atomic E-state index is -0.461. The van der Waals surface area contributed by atoms with E-state index in [1.165, 1.54) is 11.3 Å². The fraction of sp³-hybridized carbons (Fsp3) is 0.417. The molecule has 8 heteroatoms. The van der Waals surface area contributed by atoms with Crippen LogP contribution in [0.2, 0.25) is 0 Å². The second kappa shape index (κ2) is 6.78. The van der Waals surface area contributed by atoms with E-state index in [4.69, 9.17) is 17.3 Å². The van der Waals surface area contributed by atoms with Crippen molar-refractivity contribution in [1.29, 1.82) is 0 Å². The largest absolute Gasteiger partial charge is 0.396 e. The number of nitrogens with zero attached hydrogens (tertiary/aromatic N) is 2. The van der Waals surface area contributed by atoms with Crippen molar-refractivity contribution in [2.45, 2.75) is 19.4 Å². The number of aliphatic hydroxyl groups excluding tert-OH is 1. The fourth-order valence-corrected chi connectivity index (χ4v) is 2.80. The minimum Gasteiger partial charge on any atom is -0.396 e. The van der Waals surface area contributed by atoms with Crippen molar-refractivity contribution >= 4 is 29.5 Å². The maximum absolute atomic E-state index is 12.1. The van der Waals surface area contributed by atoms with Crippen LogP contribution >= 0.6 is 23.6 Å². The topological polar surface area (TPSA) is 82.9 Å². The monoisotopic (exact) mass is 312 g/mol. The van der Waals surface area contributed by atoms with Gasteiger partial charge >= 0.3 is 0 Å². The Hall–Kier alpha value is -1.51. The number of hydrogen-bond acceptors (Lipinski definition) is 5. The van der Waals surface area contributed by atoms with E-state index in [0.717, 1.165) is 4.88 Å². The van der Waals surface area contributed by atoms with Gasteiger partial charge < -0.3 is 10.4 Å². The van der Waals surface area contributed by atoms with E-state index in [0.29, 0.717) is 23.6 Å². The molecule has 0 fully saturated rings. The van der Waals surface area contributed by atoms with E-state index in [1.54, 1.807) is 11.5 Å². The van der Waals surface area contributed by atoms with Crippen LogP contribution in [-0.4, -0.2) is 38.9 Å². The van der Waals surface area contributed by atoms with Crippen LogP contribution in [0.5, 0.6) is 0 Å². The van der Waals surface area contributed by atoms with Crippen LogP contribution in [0, 0.1) is 4.77 Å². The van der Waals surface area contributed by atoms with E-state index in [1.807, 2.05) is 17.5 Å². The van der Waals surface area contributed by atoms with Gasteiger partial charge in [0.05, 0.1) is 4.88 Å². The van der Waals surface area contributed by atoms with Gasteiger partial charge in [-0.2, -0.15) is 5.10 Å². The summed E-state index contributed by atoms with van der Waals surface area (Å²) in [6, 6.07) is 3.40. The lowest BCUT2D eigenvalue weighted by Crippen LogP contribution is -2.32. The van der Waals surface area contributed by atoms with Crippen molar-refractivity contribution in [2.75, 3.05) is 13.2 Å². The Labute approximate surface area is 125 Å². The average molecular weight is 312 g/mol. The molecule has 0 aromatic carbocycles. The Bertz CT molecular complexity index is 618. The zero-order chi connectivity index (χ0) is 14.5. The summed E-state index contributed by atoms with van der Waals surface area (Å²) in [6.07, 6.45) is 0.535. The van der Waals surface area contributed by atoms with Crippen molar-refractivity contribution in [2.24, 2.45) is 0 Å². The molecule has 1 amide bonds. The number of carbonyl (C=O) groups is 1. The smallest absolute Gasteiger partial charge is 0.242 e. The molecule has 2 heterocycles. The van der Waals surface area contributed by atoms with Crippen molar-refractivity contribution in [1.82, 2.24) is 20.1 Å². The maximum Gasteiger partial charge on any atom is 0.242 e. The molecule has 0 aliphatic carbocycles. The van der Waals surface area contributed by atoms with Gasteiger partial charge in [0, 0.05) is 13.2 Å². The Morgan fingerprint density at radius 1 is 1.70 bits per heavy atom. The molecular weight excluding hydrogens is 296 g/mol. The van der Waals surface area contributed by atoms with Crippen LogP contribution in [-0.2, 0) is 4.79 Å². The summed E-state index contributed by atoms with van der Waals surface area (Å²) in [6.45, 7) is 2.27. The molecule has 3 N–H and O–H groups in total. The highest BCUT2D eigenvalue weighted by Gasteiger charge is 2.20. The number of thiophene rings is 1. The quantitative estimate of drug-likeness (QED) is 0.560. The van der Waals surface area contributed by atoms with E-state index >= 15 is 0 Å². The summed E-state index contributed by atoms with van der Waals surface area (Å²) in [5, 5.41) is 20.4. The van der Waals surface area contributed by atoms with E-state index in [2.05, 4.69) is 15.5 Å². The summed E-state index contributed by atoms with van der Waals surface area (Å²) in [5.74, 6) is 0.517. The lowest BCUT2D eigenvalue weighted by atomic mass is 10.3. The summed E-state index contributed by atoms with van der Waals surface area (Å²) < 4.78 is 2.12. The number of hydrogen-bond donors (Lipinski definition) is 3. The van der Waals surface area contributed by atoms with Crippen LogP contribution < -0.4 is 5.32 Å². The van der Waals surface area contributed by atoms with E-state index < -0.39 is 6.04 Å². The lowest BCUT2D eigenvalue weighted by Gasteiger charge is -2.14. The van der Waals surface area contributed by atoms with Gasteiger partial charge in [0.2, 0.25) is 5.91 Å². The van der Waals surface area contributed by atoms with Gasteiger partial charge in [-0.05, 0) is 37.0 Å². The number of carbonyl (C=O) groups excluding carboxylic acids is 1. The van der Waals surface area contributed by atoms with Crippen LogP contribution in [0.25, 0.3) is 10.7 Å². The standard InChI is InChI=1S/C12H16N4O2S2/c1-8(11(18)13-5-3-6-17)16-10(14-15-12(16)19)9-4-2-7-20-9/h2,4,7-8,17H,3,5-6H2,1H3,(H,13,18)(H,15,19). The lowest BCUT2D eigenvalue weighted by molar-refractivity contribution is -0.123. The zero-order valence-corrected chi connectivity index (χ0v) is 12.6. The third-order valence-electron chi connectivity index (χ3n) is 2.85. The highest BCUT2D eigenvalue weighted by molar-refractivity contribution is 7.71. The van der Waals surface area contributed by atoms with E-state index in [9.17, 15) is 4.79 Å². The van der Waals surface area contributed by atoms with Crippen molar-refractivity contribution in [3.63, 3.8) is 0 Å². The van der Waals surface area contributed by atoms with Gasteiger partial charge in [0.1, 0.15) is 6.04 Å². The van der Waals surface area contributed by atoms with Crippen molar-refractivity contribution in [3.8, 4) is 10.7 Å². The molecule has 0 bridgehead atoms. The minimum absolute atomic E-state index is 0.0558. The summed E-state index contributed by atoms with van der Waals surface area (Å²) in [4.78, 5) is 13.0. The number of nitrogens with one attached hydrogen (secondary N) is 2. The van der Waals surface area contributed by atoms with Gasteiger partial charge in [0.25, 0.3) is 0 Å². The third-order valence-corrected chi connectivity index (χ3v) is 4.00. The van der Waals surface area contributed by atoms with Crippen molar-refractivity contribution in [3.05, 3.63) is 22.3 Å². The molecule has 1 unspecified atom stereocenters. The molecule has 20 heavy (non-hydrogen) atoms. The number of aliphatic hydroxyl groups is 1. The average Bonchev–Trinajstić information content (AvgIpc) is 3.07. The highest BCUT2D eigenvalue weighted by Crippen LogP contribution is 2.25. The first-order valence-electron chi connectivity index (χ1n) is 6.24. The third kappa shape index (κ3) is 3.14. The van der Waals surface area contributed by atoms with Gasteiger partial charge in [-0.25, -0.2) is 0 Å². The predicted molar refractivity (Wildman–Crippen MR) is 80.1 cm³/mol. The van der Waals surface area contributed by atoms with Crippen LogP contribution in [0.3, 0.4) is 0 Å². The molecular formula is C12H16N4O2S2. The van der Waals surface area contributed by atoms with Crippen LogP contribution in [0.4, 0.5) is 0 Å². The summed E-state index contributed by atoms with van der Waals surface area (Å²) >= 11 is 6.75. The van der Waals surface area contributed by atoms with Gasteiger partial charge in [-0.15, -0.1) is 11.3 Å². The molecule has 108 valence electrons. The Morgan fingerprint density at radius 2 is 2.50 bits per heavy atom. The van der Waals surface area contributed by atoms with Crippen LogP contribution in [0.1, 0.15) is 19.4 Å². The maximum atomic E-state index is 12.1. The second-order valence-electron chi connectivity index (χ2n) is 4.24. The molecule has 1 atom stereocenters. The first-order chi connectivity index (χ1) is 9.65. The Kier molecular flexibility index (Phi) is 5.05. The molecule has 0 spiro atoms. The normalized spacial score (nSPS) is 12.3. The highest BCUT2D eigenvalue weighted by atomic mass is 32.1. The summed E-state index contributed by atoms with van der Waals surface area (Å²) in [5.41, 5.74) is 0. The molecule has 0 saturated heterocycles. The summed E-state index contributed by atoms with van der Waals surface area (Å²) in [7, 11) is 0. The van der Waals surface area contributed by atoms with Gasteiger partial charge in [-0.1, -0.05) is 6.07 Å². The number of aromatic amines is 1. The number of amides is 1. The fourth-order valence-electron chi connectivity index (χ4n) is 1.80. The molecule has 0 aliphatic rings. The second-order valence-corrected chi connectivity index (χ2v) is 5.58. The predicted octanol–water partition coefficient (Wildman–Crippen LogP) is 1.73. The van der Waals surface area contributed by atoms with Crippen molar-refractivity contribution < 1.29 is 9.90 Å². The number of H-pyrrole nitrogens is 1. The number of rotatable bonds is 6.